The summed E-state index contributed by atoms with van der Waals surface area (Å²) in [6, 6.07) is 12.8. The highest BCUT2D eigenvalue weighted by molar-refractivity contribution is 5.49. The lowest BCUT2D eigenvalue weighted by Gasteiger charge is -2.20. The van der Waals surface area contributed by atoms with Crippen LogP contribution in [0.15, 0.2) is 42.6 Å². The van der Waals surface area contributed by atoms with Gasteiger partial charge < -0.3 is 11.1 Å². The molecule has 3 nitrogen and oxygen atoms in total. The highest BCUT2D eigenvalue weighted by Crippen LogP contribution is 2.32. The molecule has 2 atom stereocenters. The Labute approximate surface area is 107 Å². The second kappa shape index (κ2) is 4.42. The molecule has 0 fully saturated rings. The van der Waals surface area contributed by atoms with Crippen LogP contribution >= 0.6 is 0 Å². The van der Waals surface area contributed by atoms with Crippen molar-refractivity contribution in [3.8, 4) is 0 Å². The van der Waals surface area contributed by atoms with Gasteiger partial charge in [0.05, 0.1) is 6.04 Å². The molecule has 3 N–H and O–H groups in total. The number of nitrogens with zero attached hydrogens (tertiary/aromatic N) is 1. The third kappa shape index (κ3) is 1.97. The van der Waals surface area contributed by atoms with Gasteiger partial charge in [-0.1, -0.05) is 24.3 Å². The second-order valence-corrected chi connectivity index (χ2v) is 4.87. The van der Waals surface area contributed by atoms with Crippen molar-refractivity contribution in [3.05, 3.63) is 59.4 Å². The van der Waals surface area contributed by atoms with E-state index in [9.17, 15) is 0 Å². The van der Waals surface area contributed by atoms with Crippen molar-refractivity contribution in [2.75, 3.05) is 5.32 Å². The summed E-state index contributed by atoms with van der Waals surface area (Å²) in [5.41, 5.74) is 11.0. The summed E-state index contributed by atoms with van der Waals surface area (Å²) in [5.74, 6) is 0. The Hall–Kier alpha value is -1.87. The van der Waals surface area contributed by atoms with E-state index in [1.807, 2.05) is 25.3 Å². The van der Waals surface area contributed by atoms with Gasteiger partial charge >= 0.3 is 0 Å². The fraction of sp³-hybridized carbons (Fsp3) is 0.267. The lowest BCUT2D eigenvalue weighted by molar-refractivity contribution is 0.626. The number of fused-ring (bicyclic) bond motifs is 1. The molecule has 0 amide bonds. The van der Waals surface area contributed by atoms with Crippen LogP contribution in [0.25, 0.3) is 0 Å². The maximum absolute atomic E-state index is 6.24. The van der Waals surface area contributed by atoms with E-state index in [4.69, 9.17) is 5.73 Å². The van der Waals surface area contributed by atoms with Crippen LogP contribution in [0.1, 0.15) is 22.9 Å². The largest absolute Gasteiger partial charge is 0.377 e. The number of hydrogen-bond acceptors (Lipinski definition) is 3. The van der Waals surface area contributed by atoms with Crippen LogP contribution in [-0.2, 0) is 6.42 Å². The van der Waals surface area contributed by atoms with Gasteiger partial charge in [0.1, 0.15) is 0 Å². The molecular formula is C15H17N3. The number of rotatable bonds is 2. The van der Waals surface area contributed by atoms with Crippen molar-refractivity contribution >= 4 is 5.69 Å². The molecule has 2 unspecified atom stereocenters. The fourth-order valence-electron chi connectivity index (χ4n) is 2.63. The minimum Gasteiger partial charge on any atom is -0.377 e. The first-order valence-corrected chi connectivity index (χ1v) is 6.26. The predicted octanol–water partition coefficient (Wildman–Crippen LogP) is 2.43. The molecule has 92 valence electrons. The third-order valence-electron chi connectivity index (χ3n) is 3.49. The van der Waals surface area contributed by atoms with Crippen molar-refractivity contribution in [2.24, 2.45) is 5.73 Å². The van der Waals surface area contributed by atoms with E-state index in [0.717, 1.165) is 17.8 Å². The van der Waals surface area contributed by atoms with Gasteiger partial charge in [0, 0.05) is 23.6 Å². The number of aryl methyl sites for hydroxylation is 1. The van der Waals surface area contributed by atoms with Gasteiger partial charge in [0.2, 0.25) is 0 Å². The van der Waals surface area contributed by atoms with Crippen molar-refractivity contribution in [2.45, 2.75) is 25.4 Å². The molecule has 3 heteroatoms. The number of hydrogen-bond donors (Lipinski definition) is 2. The van der Waals surface area contributed by atoms with Gasteiger partial charge in [-0.2, -0.15) is 0 Å². The van der Waals surface area contributed by atoms with Crippen LogP contribution in [-0.4, -0.2) is 11.0 Å². The maximum Gasteiger partial charge on any atom is 0.0670 e. The molecule has 1 aromatic carbocycles. The Kier molecular flexibility index (Phi) is 2.76. The Balaban J connectivity index is 1.89. The van der Waals surface area contributed by atoms with Crippen LogP contribution in [0, 0.1) is 6.92 Å². The molecule has 0 aliphatic heterocycles. The van der Waals surface area contributed by atoms with Crippen molar-refractivity contribution in [3.63, 3.8) is 0 Å². The molecule has 0 spiro atoms. The first kappa shape index (κ1) is 11.2. The highest BCUT2D eigenvalue weighted by Gasteiger charge is 2.29. The maximum atomic E-state index is 6.24. The van der Waals surface area contributed by atoms with Gasteiger partial charge in [-0.25, -0.2) is 0 Å². The van der Waals surface area contributed by atoms with Gasteiger partial charge in [-0.3, -0.25) is 4.98 Å². The number of anilines is 1. The quantitative estimate of drug-likeness (QED) is 0.846. The molecule has 0 radical (unpaired) electrons. The fourth-order valence-corrected chi connectivity index (χ4v) is 2.63. The lowest BCUT2D eigenvalue weighted by Crippen LogP contribution is -2.29. The van der Waals surface area contributed by atoms with E-state index in [0.29, 0.717) is 0 Å². The Bertz CT molecular complexity index is 565. The second-order valence-electron chi connectivity index (χ2n) is 4.87. The standard InChI is InChI=1S/C15H17N3/c1-10-8-12(6-7-17-10)18-15-13-5-3-2-4-11(13)9-14(15)16/h2-8,14-15H,9,16H2,1H3,(H,17,18). The lowest BCUT2D eigenvalue weighted by atomic mass is 10.1. The number of nitrogens with two attached hydrogens (primary N) is 1. The summed E-state index contributed by atoms with van der Waals surface area (Å²) < 4.78 is 0. The molecule has 18 heavy (non-hydrogen) atoms. The Morgan fingerprint density at radius 3 is 2.94 bits per heavy atom. The normalized spacial score (nSPS) is 21.7. The Morgan fingerprint density at radius 2 is 2.11 bits per heavy atom. The van der Waals surface area contributed by atoms with E-state index in [1.54, 1.807) is 0 Å². The molecule has 2 aromatic rings. The van der Waals surface area contributed by atoms with Crippen LogP contribution in [0.4, 0.5) is 5.69 Å². The summed E-state index contributed by atoms with van der Waals surface area (Å²) in [7, 11) is 0. The molecule has 1 aliphatic rings. The third-order valence-corrected chi connectivity index (χ3v) is 3.49. The van der Waals surface area contributed by atoms with Crippen molar-refractivity contribution < 1.29 is 0 Å². The van der Waals surface area contributed by atoms with Gasteiger partial charge in [-0.05, 0) is 36.6 Å². The highest BCUT2D eigenvalue weighted by atomic mass is 15.0. The first-order chi connectivity index (χ1) is 8.74. The first-order valence-electron chi connectivity index (χ1n) is 6.26. The zero-order valence-electron chi connectivity index (χ0n) is 10.4. The summed E-state index contributed by atoms with van der Waals surface area (Å²) in [6.07, 6.45) is 2.77. The zero-order valence-corrected chi connectivity index (χ0v) is 10.4. The number of aromatic nitrogens is 1. The summed E-state index contributed by atoms with van der Waals surface area (Å²) >= 11 is 0. The molecule has 1 heterocycles. The van der Waals surface area contributed by atoms with E-state index >= 15 is 0 Å². The van der Waals surface area contributed by atoms with Crippen LogP contribution < -0.4 is 11.1 Å². The topological polar surface area (TPSA) is 50.9 Å². The van der Waals surface area contributed by atoms with E-state index in [2.05, 4.69) is 34.6 Å². The molecular weight excluding hydrogens is 222 g/mol. The van der Waals surface area contributed by atoms with E-state index in [1.165, 1.54) is 11.1 Å². The number of benzene rings is 1. The number of pyridine rings is 1. The number of nitrogens with one attached hydrogen (secondary N) is 1. The molecule has 0 bridgehead atoms. The van der Waals surface area contributed by atoms with E-state index < -0.39 is 0 Å². The zero-order chi connectivity index (χ0) is 12.5. The smallest absolute Gasteiger partial charge is 0.0670 e. The average molecular weight is 239 g/mol. The monoisotopic (exact) mass is 239 g/mol. The summed E-state index contributed by atoms with van der Waals surface area (Å²) in [4.78, 5) is 4.21. The molecule has 0 saturated heterocycles. The summed E-state index contributed by atoms with van der Waals surface area (Å²) in [6.45, 7) is 1.99. The SMILES string of the molecule is Cc1cc(NC2c3ccccc3CC2N)ccn1. The minimum atomic E-state index is 0.135. The molecule has 1 aromatic heterocycles. The van der Waals surface area contributed by atoms with Crippen molar-refractivity contribution in [1.29, 1.82) is 0 Å². The Morgan fingerprint density at radius 1 is 1.28 bits per heavy atom. The van der Waals surface area contributed by atoms with Crippen LogP contribution in [0.2, 0.25) is 0 Å². The summed E-state index contributed by atoms with van der Waals surface area (Å²) in [5, 5.41) is 3.52. The van der Waals surface area contributed by atoms with Crippen LogP contribution in [0.5, 0.6) is 0 Å². The van der Waals surface area contributed by atoms with Crippen LogP contribution in [0.3, 0.4) is 0 Å². The molecule has 1 aliphatic carbocycles. The van der Waals surface area contributed by atoms with Gasteiger partial charge in [-0.15, -0.1) is 0 Å². The van der Waals surface area contributed by atoms with Gasteiger partial charge in [0.25, 0.3) is 0 Å². The minimum absolute atomic E-state index is 0.135. The average Bonchev–Trinajstić information content (AvgIpc) is 2.66. The van der Waals surface area contributed by atoms with Gasteiger partial charge in [0.15, 0.2) is 0 Å². The predicted molar refractivity (Wildman–Crippen MR) is 73.5 cm³/mol. The van der Waals surface area contributed by atoms with Crippen molar-refractivity contribution in [1.82, 2.24) is 4.98 Å². The molecule has 0 saturated carbocycles. The van der Waals surface area contributed by atoms with E-state index in [-0.39, 0.29) is 12.1 Å². The molecule has 3 rings (SSSR count).